The Morgan fingerprint density at radius 2 is 2.17 bits per heavy atom. The normalized spacial score (nSPS) is 15.7. The van der Waals surface area contributed by atoms with E-state index in [0.717, 1.165) is 35.4 Å². The molecule has 1 fully saturated rings. The molecule has 1 aromatic heterocycles. The van der Waals surface area contributed by atoms with Crippen LogP contribution in [0.3, 0.4) is 0 Å². The highest BCUT2D eigenvalue weighted by Crippen LogP contribution is 2.39. The van der Waals surface area contributed by atoms with Crippen LogP contribution in [0.1, 0.15) is 31.2 Å². The molecule has 0 unspecified atom stereocenters. The van der Waals surface area contributed by atoms with E-state index in [1.165, 1.54) is 11.3 Å². The number of nitrogens with one attached hydrogen (secondary N) is 1. The van der Waals surface area contributed by atoms with E-state index in [1.807, 2.05) is 30.5 Å². The van der Waals surface area contributed by atoms with Gasteiger partial charge in [0, 0.05) is 10.9 Å². The average molecular weight is 341 g/mol. The van der Waals surface area contributed by atoms with E-state index in [9.17, 15) is 10.1 Å². The summed E-state index contributed by atoms with van der Waals surface area (Å²) < 4.78 is 5.39. The summed E-state index contributed by atoms with van der Waals surface area (Å²) in [6, 6.07) is 8.10. The predicted molar refractivity (Wildman–Crippen MR) is 94.0 cm³/mol. The first-order chi connectivity index (χ1) is 11.6. The lowest BCUT2D eigenvalue weighted by atomic mass is 9.87. The lowest BCUT2D eigenvalue weighted by Gasteiger charge is -2.17. The molecule has 2 aromatic rings. The van der Waals surface area contributed by atoms with E-state index in [4.69, 9.17) is 4.74 Å². The van der Waals surface area contributed by atoms with Gasteiger partial charge in [-0.15, -0.1) is 11.3 Å². The fourth-order valence-corrected chi connectivity index (χ4v) is 3.77. The van der Waals surface area contributed by atoms with Gasteiger partial charge in [-0.25, -0.2) is 4.98 Å². The molecule has 124 valence electrons. The van der Waals surface area contributed by atoms with Crippen LogP contribution in [0.25, 0.3) is 11.3 Å². The number of carbonyl (C=O) groups is 1. The van der Waals surface area contributed by atoms with Crippen LogP contribution >= 0.6 is 11.3 Å². The number of nitriles is 1. The average Bonchev–Trinajstić information content (AvgIpc) is 3.24. The smallest absolute Gasteiger partial charge is 0.246 e. The van der Waals surface area contributed by atoms with Crippen molar-refractivity contribution in [1.82, 2.24) is 4.98 Å². The second kappa shape index (κ2) is 6.62. The maximum Gasteiger partial charge on any atom is 0.246 e. The third kappa shape index (κ3) is 3.00. The number of anilines is 1. The molecule has 0 aliphatic heterocycles. The Bertz CT molecular complexity index is 801. The Morgan fingerprint density at radius 1 is 1.42 bits per heavy atom. The van der Waals surface area contributed by atoms with Gasteiger partial charge in [0.2, 0.25) is 5.91 Å². The Kier molecular flexibility index (Phi) is 4.54. The second-order valence-corrected chi connectivity index (χ2v) is 6.95. The molecular formula is C18H19N3O2S. The zero-order chi connectivity index (χ0) is 17.2. The summed E-state index contributed by atoms with van der Waals surface area (Å²) in [5.74, 6) is 0.507. The second-order valence-electron chi connectivity index (χ2n) is 6.10. The third-order valence-corrected chi connectivity index (χ3v) is 5.22. The lowest BCUT2D eigenvalue weighted by Crippen LogP contribution is -2.32. The highest BCUT2D eigenvalue weighted by molar-refractivity contribution is 7.14. The van der Waals surface area contributed by atoms with E-state index in [-0.39, 0.29) is 5.91 Å². The van der Waals surface area contributed by atoms with Gasteiger partial charge < -0.3 is 10.1 Å². The highest BCUT2D eigenvalue weighted by atomic mass is 32.1. The number of amides is 1. The van der Waals surface area contributed by atoms with Crippen molar-refractivity contribution >= 4 is 22.4 Å². The van der Waals surface area contributed by atoms with Crippen LogP contribution in [0.15, 0.2) is 23.6 Å². The van der Waals surface area contributed by atoms with E-state index < -0.39 is 5.41 Å². The third-order valence-electron chi connectivity index (χ3n) is 4.46. The van der Waals surface area contributed by atoms with Gasteiger partial charge in [0.05, 0.1) is 18.9 Å². The van der Waals surface area contributed by atoms with E-state index in [0.29, 0.717) is 18.0 Å². The van der Waals surface area contributed by atoms with Gasteiger partial charge in [0.1, 0.15) is 11.2 Å². The highest BCUT2D eigenvalue weighted by Gasteiger charge is 2.41. The van der Waals surface area contributed by atoms with Gasteiger partial charge in [-0.05, 0) is 31.9 Å². The largest absolute Gasteiger partial charge is 0.496 e. The predicted octanol–water partition coefficient (Wildman–Crippen LogP) is 4.15. The van der Waals surface area contributed by atoms with E-state index in [1.54, 1.807) is 7.11 Å². The number of rotatable bonds is 4. The molecular weight excluding hydrogens is 322 g/mol. The fraction of sp³-hybridized carbons (Fsp3) is 0.389. The number of methoxy groups -OCH3 is 1. The molecule has 1 amide bonds. The van der Waals surface area contributed by atoms with Crippen LogP contribution in [-0.2, 0) is 4.79 Å². The molecule has 0 bridgehead atoms. The summed E-state index contributed by atoms with van der Waals surface area (Å²) in [6.07, 6.45) is 3.09. The summed E-state index contributed by atoms with van der Waals surface area (Å²) in [4.78, 5) is 17.0. The van der Waals surface area contributed by atoms with Crippen molar-refractivity contribution in [3.8, 4) is 23.1 Å². The zero-order valence-corrected chi connectivity index (χ0v) is 14.6. The number of aryl methyl sites for hydroxylation is 1. The van der Waals surface area contributed by atoms with Gasteiger partial charge in [0.25, 0.3) is 0 Å². The molecule has 1 N–H and O–H groups in total. The summed E-state index contributed by atoms with van der Waals surface area (Å²) >= 11 is 1.36. The first-order valence-electron chi connectivity index (χ1n) is 7.91. The zero-order valence-electron chi connectivity index (χ0n) is 13.8. The van der Waals surface area contributed by atoms with Crippen molar-refractivity contribution in [3.05, 3.63) is 29.1 Å². The Morgan fingerprint density at radius 3 is 2.83 bits per heavy atom. The minimum atomic E-state index is -0.896. The number of thiazole rings is 1. The molecule has 1 aliphatic carbocycles. The molecule has 0 atom stereocenters. The van der Waals surface area contributed by atoms with Crippen LogP contribution in [0, 0.1) is 23.7 Å². The quantitative estimate of drug-likeness (QED) is 0.906. The Hall–Kier alpha value is -2.39. The maximum atomic E-state index is 12.5. The van der Waals surface area contributed by atoms with Gasteiger partial charge in [-0.3, -0.25) is 4.79 Å². The number of nitrogens with zero attached hydrogens (tertiary/aromatic N) is 2. The molecule has 0 radical (unpaired) electrons. The van der Waals surface area contributed by atoms with Crippen LogP contribution in [0.5, 0.6) is 5.75 Å². The van der Waals surface area contributed by atoms with Gasteiger partial charge in [-0.1, -0.05) is 24.5 Å². The topological polar surface area (TPSA) is 75.0 Å². The summed E-state index contributed by atoms with van der Waals surface area (Å²) in [5.41, 5.74) is 1.87. The fourth-order valence-electron chi connectivity index (χ4n) is 3.06. The molecule has 1 heterocycles. The van der Waals surface area contributed by atoms with Gasteiger partial charge >= 0.3 is 0 Å². The minimum Gasteiger partial charge on any atom is -0.496 e. The van der Waals surface area contributed by atoms with Crippen molar-refractivity contribution in [2.45, 2.75) is 32.6 Å². The van der Waals surface area contributed by atoms with Gasteiger partial charge in [0.15, 0.2) is 5.13 Å². The molecule has 24 heavy (non-hydrogen) atoms. The molecule has 1 aromatic carbocycles. The summed E-state index contributed by atoms with van der Waals surface area (Å²) in [5, 5.41) is 14.6. The molecule has 1 saturated carbocycles. The minimum absolute atomic E-state index is 0.236. The lowest BCUT2D eigenvalue weighted by molar-refractivity contribution is -0.122. The molecule has 6 heteroatoms. The number of ether oxygens (including phenoxy) is 1. The van der Waals surface area contributed by atoms with Crippen molar-refractivity contribution in [1.29, 1.82) is 5.26 Å². The Labute approximate surface area is 145 Å². The van der Waals surface area contributed by atoms with Crippen LogP contribution in [-0.4, -0.2) is 18.0 Å². The number of benzene rings is 1. The summed E-state index contributed by atoms with van der Waals surface area (Å²) in [7, 11) is 1.62. The molecule has 1 aliphatic rings. The van der Waals surface area contributed by atoms with Crippen LogP contribution < -0.4 is 10.1 Å². The van der Waals surface area contributed by atoms with Crippen LogP contribution in [0.4, 0.5) is 5.13 Å². The van der Waals surface area contributed by atoms with Crippen LogP contribution in [0.2, 0.25) is 0 Å². The monoisotopic (exact) mass is 341 g/mol. The number of aromatic nitrogens is 1. The van der Waals surface area contributed by atoms with Crippen molar-refractivity contribution < 1.29 is 9.53 Å². The molecule has 0 saturated heterocycles. The number of hydrogen-bond acceptors (Lipinski definition) is 5. The first kappa shape index (κ1) is 16.5. The SMILES string of the molecule is COc1ccc(C)cc1-c1csc(NC(=O)C2(C#N)CCCC2)n1. The van der Waals surface area contributed by atoms with Crippen molar-refractivity contribution in [3.63, 3.8) is 0 Å². The molecule has 5 nitrogen and oxygen atoms in total. The number of carbonyl (C=O) groups excluding carboxylic acids is 1. The van der Waals surface area contributed by atoms with Crippen molar-refractivity contribution in [2.75, 3.05) is 12.4 Å². The number of hydrogen-bond donors (Lipinski definition) is 1. The Balaban J connectivity index is 1.83. The van der Waals surface area contributed by atoms with E-state index in [2.05, 4.69) is 16.4 Å². The molecule has 0 spiro atoms. The van der Waals surface area contributed by atoms with Gasteiger partial charge in [-0.2, -0.15) is 5.26 Å². The summed E-state index contributed by atoms with van der Waals surface area (Å²) in [6.45, 7) is 2.01. The first-order valence-corrected chi connectivity index (χ1v) is 8.79. The van der Waals surface area contributed by atoms with E-state index >= 15 is 0 Å². The standard InChI is InChI=1S/C18H19N3O2S/c1-12-5-6-15(23-2)13(9-12)14-10-24-17(20-14)21-16(22)18(11-19)7-3-4-8-18/h5-6,9-10H,3-4,7-8H2,1-2H3,(H,20,21,22). The maximum absolute atomic E-state index is 12.5. The van der Waals surface area contributed by atoms with Crippen molar-refractivity contribution in [2.24, 2.45) is 5.41 Å². The molecule has 3 rings (SSSR count).